The molecule has 0 aromatic rings. The Morgan fingerprint density at radius 2 is 2.21 bits per heavy atom. The number of carboxylic acids is 1. The summed E-state index contributed by atoms with van der Waals surface area (Å²) in [5, 5.41) is 17.0. The third kappa shape index (κ3) is 7.56. The molecule has 1 atom stereocenters. The number of hydrogen-bond acceptors (Lipinski definition) is 3. The van der Waals surface area contributed by atoms with E-state index in [-0.39, 0.29) is 12.3 Å². The minimum absolute atomic E-state index is 0.0412. The Labute approximate surface area is 85.1 Å². The van der Waals surface area contributed by atoms with Crippen molar-refractivity contribution in [3.8, 4) is 6.07 Å². The highest BCUT2D eigenvalue weighted by Gasteiger charge is 2.04. The van der Waals surface area contributed by atoms with Crippen molar-refractivity contribution >= 4 is 5.97 Å². The van der Waals surface area contributed by atoms with Gasteiger partial charge < -0.3 is 10.0 Å². The Kier molecular flexibility index (Phi) is 6.77. The number of carbonyl (C=O) groups is 1. The number of hydrogen-bond donors (Lipinski definition) is 1. The molecule has 0 rings (SSSR count). The summed E-state index contributed by atoms with van der Waals surface area (Å²) in [6.07, 6.45) is 1.82. The topological polar surface area (TPSA) is 64.3 Å². The van der Waals surface area contributed by atoms with Crippen LogP contribution < -0.4 is 0 Å². The standard InChI is InChI=1S/C10H18N2O2/c1-9(7-11)8-12(2)6-4-3-5-10(13)14/h9H,3-6,8H2,1-2H3,(H,13,14). The quantitative estimate of drug-likeness (QED) is 0.627. The summed E-state index contributed by atoms with van der Waals surface area (Å²) in [5.74, 6) is -0.697. The van der Waals surface area contributed by atoms with Crippen molar-refractivity contribution in [3.05, 3.63) is 0 Å². The molecular formula is C10H18N2O2. The summed E-state index contributed by atoms with van der Waals surface area (Å²) >= 11 is 0. The van der Waals surface area contributed by atoms with Crippen molar-refractivity contribution in [2.45, 2.75) is 26.2 Å². The van der Waals surface area contributed by atoms with Gasteiger partial charge >= 0.3 is 5.97 Å². The molecule has 14 heavy (non-hydrogen) atoms. The largest absolute Gasteiger partial charge is 0.481 e. The van der Waals surface area contributed by atoms with Crippen LogP contribution in [0.4, 0.5) is 0 Å². The minimum Gasteiger partial charge on any atom is -0.481 e. The van der Waals surface area contributed by atoms with Gasteiger partial charge in [0.15, 0.2) is 0 Å². The summed E-state index contributed by atoms with van der Waals surface area (Å²) < 4.78 is 0. The van der Waals surface area contributed by atoms with Crippen LogP contribution >= 0.6 is 0 Å². The molecule has 0 heterocycles. The molecule has 0 aromatic carbocycles. The molecule has 0 aliphatic rings. The first-order valence-electron chi connectivity index (χ1n) is 4.86. The van der Waals surface area contributed by atoms with E-state index in [2.05, 4.69) is 11.0 Å². The maximum absolute atomic E-state index is 10.2. The van der Waals surface area contributed by atoms with Gasteiger partial charge in [0.05, 0.1) is 12.0 Å². The van der Waals surface area contributed by atoms with E-state index in [4.69, 9.17) is 10.4 Å². The first-order valence-corrected chi connectivity index (χ1v) is 4.86. The molecular weight excluding hydrogens is 180 g/mol. The molecule has 1 unspecified atom stereocenters. The van der Waals surface area contributed by atoms with Crippen LogP contribution in [0.1, 0.15) is 26.2 Å². The monoisotopic (exact) mass is 198 g/mol. The highest BCUT2D eigenvalue weighted by molar-refractivity contribution is 5.66. The van der Waals surface area contributed by atoms with Gasteiger partial charge in [0.25, 0.3) is 0 Å². The molecule has 0 bridgehead atoms. The first-order chi connectivity index (χ1) is 6.56. The van der Waals surface area contributed by atoms with Crippen LogP contribution in [0.5, 0.6) is 0 Å². The van der Waals surface area contributed by atoms with Crippen molar-refractivity contribution in [3.63, 3.8) is 0 Å². The van der Waals surface area contributed by atoms with Crippen LogP contribution in [0.25, 0.3) is 0 Å². The van der Waals surface area contributed by atoms with E-state index < -0.39 is 5.97 Å². The summed E-state index contributed by atoms with van der Waals surface area (Å²) in [6, 6.07) is 2.17. The highest BCUT2D eigenvalue weighted by atomic mass is 16.4. The second-order valence-corrected chi connectivity index (χ2v) is 3.64. The number of nitriles is 1. The van der Waals surface area contributed by atoms with E-state index in [0.717, 1.165) is 19.5 Å². The second-order valence-electron chi connectivity index (χ2n) is 3.64. The Bertz CT molecular complexity index is 211. The second kappa shape index (κ2) is 7.34. The lowest BCUT2D eigenvalue weighted by Crippen LogP contribution is -2.24. The van der Waals surface area contributed by atoms with E-state index in [9.17, 15) is 4.79 Å². The number of unbranched alkanes of at least 4 members (excludes halogenated alkanes) is 1. The smallest absolute Gasteiger partial charge is 0.303 e. The average Bonchev–Trinajstić information content (AvgIpc) is 2.12. The van der Waals surface area contributed by atoms with Gasteiger partial charge in [-0.2, -0.15) is 5.26 Å². The minimum atomic E-state index is -0.738. The zero-order chi connectivity index (χ0) is 11.0. The van der Waals surface area contributed by atoms with Gasteiger partial charge in [-0.05, 0) is 33.4 Å². The molecule has 80 valence electrons. The van der Waals surface area contributed by atoms with Crippen LogP contribution in [0.2, 0.25) is 0 Å². The van der Waals surface area contributed by atoms with Crippen molar-refractivity contribution < 1.29 is 9.90 Å². The number of carboxylic acid groups (broad SMARTS) is 1. The maximum atomic E-state index is 10.2. The molecule has 1 N–H and O–H groups in total. The number of aliphatic carboxylic acids is 1. The highest BCUT2D eigenvalue weighted by Crippen LogP contribution is 2.00. The van der Waals surface area contributed by atoms with Crippen molar-refractivity contribution in [2.75, 3.05) is 20.1 Å². The Balaban J connectivity index is 3.41. The summed E-state index contributed by atoms with van der Waals surface area (Å²) in [5.41, 5.74) is 0. The first kappa shape index (κ1) is 12.9. The van der Waals surface area contributed by atoms with Gasteiger partial charge in [-0.3, -0.25) is 4.79 Å². The summed E-state index contributed by atoms with van der Waals surface area (Å²) in [7, 11) is 1.95. The Hall–Kier alpha value is -1.08. The van der Waals surface area contributed by atoms with E-state index in [1.54, 1.807) is 0 Å². The van der Waals surface area contributed by atoms with Crippen LogP contribution in [-0.2, 0) is 4.79 Å². The molecule has 0 spiro atoms. The zero-order valence-electron chi connectivity index (χ0n) is 8.86. The van der Waals surface area contributed by atoms with E-state index in [1.165, 1.54) is 0 Å². The SMILES string of the molecule is CC(C#N)CN(C)CCCCC(=O)O. The predicted octanol–water partition coefficient (Wildman–Crippen LogP) is 1.33. The van der Waals surface area contributed by atoms with Crippen LogP contribution in [-0.4, -0.2) is 36.1 Å². The third-order valence-electron chi connectivity index (χ3n) is 1.99. The lowest BCUT2D eigenvalue weighted by molar-refractivity contribution is -0.137. The van der Waals surface area contributed by atoms with Crippen molar-refractivity contribution in [1.29, 1.82) is 5.26 Å². The molecule has 4 nitrogen and oxygen atoms in total. The molecule has 0 amide bonds. The lowest BCUT2D eigenvalue weighted by Gasteiger charge is -2.16. The fourth-order valence-corrected chi connectivity index (χ4v) is 1.26. The molecule has 0 aliphatic carbocycles. The molecule has 0 aromatic heterocycles. The lowest BCUT2D eigenvalue weighted by atomic mass is 10.2. The van der Waals surface area contributed by atoms with E-state index >= 15 is 0 Å². The van der Waals surface area contributed by atoms with Gasteiger partial charge in [-0.15, -0.1) is 0 Å². The Morgan fingerprint density at radius 1 is 1.57 bits per heavy atom. The van der Waals surface area contributed by atoms with Gasteiger partial charge in [0.2, 0.25) is 0 Å². The van der Waals surface area contributed by atoms with E-state index in [0.29, 0.717) is 6.42 Å². The van der Waals surface area contributed by atoms with Gasteiger partial charge in [0, 0.05) is 13.0 Å². The van der Waals surface area contributed by atoms with Crippen LogP contribution in [0, 0.1) is 17.2 Å². The number of nitrogens with zero attached hydrogens (tertiary/aromatic N) is 2. The fourth-order valence-electron chi connectivity index (χ4n) is 1.26. The molecule has 0 saturated carbocycles. The summed E-state index contributed by atoms with van der Waals surface area (Å²) in [6.45, 7) is 3.50. The number of rotatable bonds is 7. The molecule has 4 heteroatoms. The molecule has 0 fully saturated rings. The van der Waals surface area contributed by atoms with Crippen LogP contribution in [0.15, 0.2) is 0 Å². The predicted molar refractivity (Wildman–Crippen MR) is 53.8 cm³/mol. The van der Waals surface area contributed by atoms with Gasteiger partial charge in [-0.1, -0.05) is 0 Å². The summed E-state index contributed by atoms with van der Waals surface area (Å²) in [4.78, 5) is 12.3. The molecule has 0 saturated heterocycles. The Morgan fingerprint density at radius 3 is 2.71 bits per heavy atom. The third-order valence-corrected chi connectivity index (χ3v) is 1.99. The maximum Gasteiger partial charge on any atom is 0.303 e. The van der Waals surface area contributed by atoms with Gasteiger partial charge in [0.1, 0.15) is 0 Å². The molecule has 0 radical (unpaired) electrons. The normalized spacial score (nSPS) is 12.4. The van der Waals surface area contributed by atoms with E-state index in [1.807, 2.05) is 14.0 Å². The van der Waals surface area contributed by atoms with Crippen molar-refractivity contribution in [1.82, 2.24) is 4.90 Å². The zero-order valence-corrected chi connectivity index (χ0v) is 8.86. The van der Waals surface area contributed by atoms with Gasteiger partial charge in [-0.25, -0.2) is 0 Å². The van der Waals surface area contributed by atoms with Crippen LogP contribution in [0.3, 0.4) is 0 Å². The molecule has 0 aliphatic heterocycles. The van der Waals surface area contributed by atoms with Crippen molar-refractivity contribution in [2.24, 2.45) is 5.92 Å². The fraction of sp³-hybridized carbons (Fsp3) is 0.800. The average molecular weight is 198 g/mol.